The van der Waals surface area contributed by atoms with E-state index in [1.165, 1.54) is 0 Å². The molecule has 1 fully saturated rings. The van der Waals surface area contributed by atoms with Crippen molar-refractivity contribution in [1.82, 2.24) is 25.4 Å². The average Bonchev–Trinajstić information content (AvgIpc) is 3.31. The van der Waals surface area contributed by atoms with E-state index >= 15 is 0 Å². The second-order valence-electron chi connectivity index (χ2n) is 6.65. The second-order valence-corrected chi connectivity index (χ2v) is 6.65. The van der Waals surface area contributed by atoms with Crippen molar-refractivity contribution in [2.75, 3.05) is 18.0 Å². The van der Waals surface area contributed by atoms with Crippen molar-refractivity contribution in [1.29, 1.82) is 0 Å². The Bertz CT molecular complexity index is 936. The van der Waals surface area contributed by atoms with Crippen LogP contribution >= 0.6 is 0 Å². The van der Waals surface area contributed by atoms with E-state index in [2.05, 4.69) is 30.3 Å². The number of aryl methyl sites for hydroxylation is 2. The van der Waals surface area contributed by atoms with Gasteiger partial charge in [0.25, 0.3) is 11.8 Å². The van der Waals surface area contributed by atoms with Crippen LogP contribution in [0.3, 0.4) is 0 Å². The zero-order chi connectivity index (χ0) is 18.8. The molecule has 27 heavy (non-hydrogen) atoms. The SMILES string of the molecule is Cc1ccc(C(=O)N[C@H]2CCN(c3ccc(-c4nc(C)no4)cn3)C2)cn1. The van der Waals surface area contributed by atoms with Gasteiger partial charge in [0.15, 0.2) is 5.82 Å². The predicted octanol–water partition coefficient (Wildman–Crippen LogP) is 2.15. The van der Waals surface area contributed by atoms with E-state index in [9.17, 15) is 4.79 Å². The lowest BCUT2D eigenvalue weighted by Crippen LogP contribution is -2.37. The lowest BCUT2D eigenvalue weighted by atomic mass is 10.2. The van der Waals surface area contributed by atoms with Crippen molar-refractivity contribution in [2.24, 2.45) is 0 Å². The first-order valence-corrected chi connectivity index (χ1v) is 8.84. The van der Waals surface area contributed by atoms with Crippen LogP contribution in [-0.2, 0) is 0 Å². The minimum Gasteiger partial charge on any atom is -0.354 e. The molecule has 8 heteroatoms. The first-order chi connectivity index (χ1) is 13.1. The van der Waals surface area contributed by atoms with Gasteiger partial charge in [0.2, 0.25) is 0 Å². The van der Waals surface area contributed by atoms with Crippen molar-refractivity contribution < 1.29 is 9.32 Å². The summed E-state index contributed by atoms with van der Waals surface area (Å²) in [7, 11) is 0. The summed E-state index contributed by atoms with van der Waals surface area (Å²) in [5.74, 6) is 1.83. The lowest BCUT2D eigenvalue weighted by Gasteiger charge is -2.18. The first-order valence-electron chi connectivity index (χ1n) is 8.84. The molecule has 0 aliphatic carbocycles. The highest BCUT2D eigenvalue weighted by molar-refractivity contribution is 5.94. The molecular weight excluding hydrogens is 344 g/mol. The number of carbonyl (C=O) groups is 1. The van der Waals surface area contributed by atoms with Crippen molar-refractivity contribution >= 4 is 11.7 Å². The van der Waals surface area contributed by atoms with Crippen LogP contribution in [0, 0.1) is 13.8 Å². The van der Waals surface area contributed by atoms with Crippen molar-refractivity contribution in [3.8, 4) is 11.5 Å². The summed E-state index contributed by atoms with van der Waals surface area (Å²) in [5, 5.41) is 6.86. The number of amides is 1. The van der Waals surface area contributed by atoms with Crippen LogP contribution in [0.4, 0.5) is 5.82 Å². The maximum atomic E-state index is 12.4. The molecule has 3 aromatic heterocycles. The molecule has 1 N–H and O–H groups in total. The highest BCUT2D eigenvalue weighted by atomic mass is 16.5. The summed E-state index contributed by atoms with van der Waals surface area (Å²) in [6, 6.07) is 7.57. The third kappa shape index (κ3) is 3.79. The zero-order valence-corrected chi connectivity index (χ0v) is 15.2. The second kappa shape index (κ2) is 7.14. The molecule has 0 saturated carbocycles. The predicted molar refractivity (Wildman–Crippen MR) is 99.3 cm³/mol. The summed E-state index contributed by atoms with van der Waals surface area (Å²) >= 11 is 0. The maximum Gasteiger partial charge on any atom is 0.259 e. The molecule has 0 spiro atoms. The van der Waals surface area contributed by atoms with Crippen LogP contribution in [-0.4, -0.2) is 45.1 Å². The quantitative estimate of drug-likeness (QED) is 0.757. The van der Waals surface area contributed by atoms with E-state index in [1.807, 2.05) is 25.1 Å². The van der Waals surface area contributed by atoms with Gasteiger partial charge in [-0.25, -0.2) is 4.98 Å². The highest BCUT2D eigenvalue weighted by Gasteiger charge is 2.25. The fourth-order valence-electron chi connectivity index (χ4n) is 3.07. The molecule has 0 bridgehead atoms. The Morgan fingerprint density at radius 1 is 1.19 bits per heavy atom. The van der Waals surface area contributed by atoms with E-state index in [0.717, 1.165) is 36.6 Å². The lowest BCUT2D eigenvalue weighted by molar-refractivity contribution is 0.0940. The van der Waals surface area contributed by atoms with Crippen LogP contribution in [0.25, 0.3) is 11.5 Å². The highest BCUT2D eigenvalue weighted by Crippen LogP contribution is 2.22. The molecule has 0 unspecified atom stereocenters. The summed E-state index contributed by atoms with van der Waals surface area (Å²) in [4.78, 5) is 27.4. The molecule has 1 aliphatic rings. The van der Waals surface area contributed by atoms with Gasteiger partial charge in [-0.2, -0.15) is 4.98 Å². The monoisotopic (exact) mass is 364 g/mol. The Morgan fingerprint density at radius 2 is 2.07 bits per heavy atom. The van der Waals surface area contributed by atoms with E-state index in [1.54, 1.807) is 25.4 Å². The van der Waals surface area contributed by atoms with Crippen LogP contribution in [0.2, 0.25) is 0 Å². The van der Waals surface area contributed by atoms with Gasteiger partial charge in [0.1, 0.15) is 5.82 Å². The van der Waals surface area contributed by atoms with Gasteiger partial charge in [-0.05, 0) is 44.5 Å². The van der Waals surface area contributed by atoms with Gasteiger partial charge >= 0.3 is 0 Å². The molecule has 4 rings (SSSR count). The fourth-order valence-corrected chi connectivity index (χ4v) is 3.07. The number of rotatable bonds is 4. The number of hydrogen-bond donors (Lipinski definition) is 1. The number of aromatic nitrogens is 4. The summed E-state index contributed by atoms with van der Waals surface area (Å²) < 4.78 is 5.16. The van der Waals surface area contributed by atoms with E-state index < -0.39 is 0 Å². The van der Waals surface area contributed by atoms with Gasteiger partial charge in [-0.15, -0.1) is 0 Å². The van der Waals surface area contributed by atoms with Crippen LogP contribution in [0.1, 0.15) is 28.3 Å². The Morgan fingerprint density at radius 3 is 2.74 bits per heavy atom. The largest absolute Gasteiger partial charge is 0.354 e. The molecular formula is C19H20N6O2. The minimum atomic E-state index is -0.0931. The number of nitrogens with one attached hydrogen (secondary N) is 1. The normalized spacial score (nSPS) is 16.5. The van der Waals surface area contributed by atoms with E-state index in [0.29, 0.717) is 17.3 Å². The Kier molecular flexibility index (Phi) is 4.53. The molecule has 3 aromatic rings. The molecule has 8 nitrogen and oxygen atoms in total. The Hall–Kier alpha value is -3.29. The zero-order valence-electron chi connectivity index (χ0n) is 15.2. The number of pyridine rings is 2. The third-order valence-corrected chi connectivity index (χ3v) is 4.54. The molecule has 1 atom stereocenters. The maximum absolute atomic E-state index is 12.4. The van der Waals surface area contributed by atoms with Crippen molar-refractivity contribution in [3.05, 3.63) is 53.7 Å². The molecule has 0 aromatic carbocycles. The van der Waals surface area contributed by atoms with Crippen LogP contribution in [0.5, 0.6) is 0 Å². The molecule has 0 radical (unpaired) electrons. The minimum absolute atomic E-state index is 0.0823. The van der Waals surface area contributed by atoms with Gasteiger partial charge in [-0.3, -0.25) is 9.78 Å². The summed E-state index contributed by atoms with van der Waals surface area (Å²) in [5.41, 5.74) is 2.26. The van der Waals surface area contributed by atoms with Crippen molar-refractivity contribution in [3.63, 3.8) is 0 Å². The summed E-state index contributed by atoms with van der Waals surface area (Å²) in [6.45, 7) is 5.23. The first kappa shape index (κ1) is 17.1. The number of carbonyl (C=O) groups excluding carboxylic acids is 1. The molecule has 4 heterocycles. The summed E-state index contributed by atoms with van der Waals surface area (Å²) in [6.07, 6.45) is 4.21. The molecule has 138 valence electrons. The molecule has 1 amide bonds. The van der Waals surface area contributed by atoms with E-state index in [-0.39, 0.29) is 11.9 Å². The Balaban J connectivity index is 1.37. The number of anilines is 1. The van der Waals surface area contributed by atoms with Crippen LogP contribution in [0.15, 0.2) is 41.2 Å². The number of nitrogens with zero attached hydrogens (tertiary/aromatic N) is 5. The third-order valence-electron chi connectivity index (χ3n) is 4.54. The van der Waals surface area contributed by atoms with Gasteiger partial charge in [-0.1, -0.05) is 5.16 Å². The fraction of sp³-hybridized carbons (Fsp3) is 0.316. The topological polar surface area (TPSA) is 97.0 Å². The number of hydrogen-bond acceptors (Lipinski definition) is 7. The molecule has 1 saturated heterocycles. The average molecular weight is 364 g/mol. The van der Waals surface area contributed by atoms with E-state index in [4.69, 9.17) is 4.52 Å². The van der Waals surface area contributed by atoms with Gasteiger partial charge in [0.05, 0.1) is 11.1 Å². The smallest absolute Gasteiger partial charge is 0.259 e. The Labute approximate surface area is 156 Å². The van der Waals surface area contributed by atoms with Gasteiger partial charge < -0.3 is 14.7 Å². The standard InChI is InChI=1S/C19H20N6O2/c1-12-3-4-14(9-20-12)18(26)23-16-7-8-25(11-16)17-6-5-15(10-21-17)19-22-13(2)24-27-19/h3-6,9-10,16H,7-8,11H2,1-2H3,(H,23,26)/t16-/m0/s1. The van der Waals surface area contributed by atoms with Crippen LogP contribution < -0.4 is 10.2 Å². The van der Waals surface area contributed by atoms with Gasteiger partial charge in [0, 0.05) is 37.2 Å². The molecule has 1 aliphatic heterocycles. The van der Waals surface area contributed by atoms with Crippen molar-refractivity contribution in [2.45, 2.75) is 26.3 Å².